The Morgan fingerprint density at radius 1 is 1.39 bits per heavy atom. The van der Waals surface area contributed by atoms with Gasteiger partial charge in [0.05, 0.1) is 16.8 Å². The molecule has 2 aromatic heterocycles. The number of fused-ring (bicyclic) bond motifs is 1. The van der Waals surface area contributed by atoms with Crippen molar-refractivity contribution in [1.29, 1.82) is 0 Å². The van der Waals surface area contributed by atoms with E-state index < -0.39 is 0 Å². The van der Waals surface area contributed by atoms with Crippen LogP contribution in [-0.2, 0) is 4.79 Å². The molecule has 118 valence electrons. The summed E-state index contributed by atoms with van der Waals surface area (Å²) < 4.78 is 11.8. The van der Waals surface area contributed by atoms with Gasteiger partial charge in [-0.25, -0.2) is 4.98 Å². The van der Waals surface area contributed by atoms with Crippen molar-refractivity contribution < 1.29 is 13.9 Å². The maximum Gasteiger partial charge on any atom is 0.250 e. The molecule has 3 rings (SSSR count). The molecule has 0 bridgehead atoms. The number of thiazole rings is 1. The molecule has 1 aromatic carbocycles. The van der Waals surface area contributed by atoms with E-state index in [1.165, 1.54) is 17.4 Å². The number of hydrogen-bond acceptors (Lipinski definition) is 5. The number of nitrogens with zero attached hydrogens (tertiary/aromatic N) is 1. The van der Waals surface area contributed by atoms with Crippen molar-refractivity contribution in [1.82, 2.24) is 4.98 Å². The van der Waals surface area contributed by atoms with E-state index in [1.54, 1.807) is 6.08 Å². The van der Waals surface area contributed by atoms with Crippen molar-refractivity contribution in [2.45, 2.75) is 13.8 Å². The van der Waals surface area contributed by atoms with Gasteiger partial charge in [0.1, 0.15) is 17.3 Å². The zero-order valence-corrected chi connectivity index (χ0v) is 13.6. The first-order chi connectivity index (χ1) is 11.1. The van der Waals surface area contributed by atoms with Crippen LogP contribution in [0.25, 0.3) is 16.3 Å². The van der Waals surface area contributed by atoms with Gasteiger partial charge in [-0.15, -0.1) is 0 Å². The third-order valence-electron chi connectivity index (χ3n) is 3.06. The number of ether oxygens (including phenoxy) is 1. The lowest BCUT2D eigenvalue weighted by molar-refractivity contribution is -0.111. The van der Waals surface area contributed by atoms with E-state index in [0.29, 0.717) is 17.5 Å². The van der Waals surface area contributed by atoms with Crippen LogP contribution in [0, 0.1) is 6.92 Å². The van der Waals surface area contributed by atoms with Gasteiger partial charge in [-0.2, -0.15) is 0 Å². The van der Waals surface area contributed by atoms with Crippen LogP contribution in [0.15, 0.2) is 40.8 Å². The highest BCUT2D eigenvalue weighted by Gasteiger charge is 2.07. The summed E-state index contributed by atoms with van der Waals surface area (Å²) in [5.41, 5.74) is 0.833. The number of carbonyl (C=O) groups is 1. The fraction of sp³-hybridized carbons (Fsp3) is 0.176. The van der Waals surface area contributed by atoms with Crippen LogP contribution < -0.4 is 10.1 Å². The Balaban J connectivity index is 1.70. The van der Waals surface area contributed by atoms with E-state index in [-0.39, 0.29) is 5.91 Å². The van der Waals surface area contributed by atoms with Crippen LogP contribution in [-0.4, -0.2) is 17.5 Å². The van der Waals surface area contributed by atoms with Crippen molar-refractivity contribution in [3.05, 3.63) is 47.9 Å². The summed E-state index contributed by atoms with van der Waals surface area (Å²) >= 11 is 1.41. The van der Waals surface area contributed by atoms with Crippen LogP contribution in [0.2, 0.25) is 0 Å². The molecule has 0 saturated heterocycles. The molecule has 0 aliphatic rings. The molecule has 0 unspecified atom stereocenters. The van der Waals surface area contributed by atoms with Crippen LogP contribution in [0.3, 0.4) is 0 Å². The van der Waals surface area contributed by atoms with Crippen molar-refractivity contribution in [2.75, 3.05) is 11.9 Å². The second-order valence-corrected chi connectivity index (χ2v) is 5.88. The molecule has 0 saturated carbocycles. The topological polar surface area (TPSA) is 64.4 Å². The van der Waals surface area contributed by atoms with Gasteiger partial charge in [-0.1, -0.05) is 11.3 Å². The molecular weight excluding hydrogens is 312 g/mol. The van der Waals surface area contributed by atoms with Gasteiger partial charge >= 0.3 is 0 Å². The molecule has 0 fully saturated rings. The van der Waals surface area contributed by atoms with E-state index >= 15 is 0 Å². The Morgan fingerprint density at radius 3 is 3.00 bits per heavy atom. The monoisotopic (exact) mass is 328 g/mol. The molecule has 3 aromatic rings. The smallest absolute Gasteiger partial charge is 0.250 e. The van der Waals surface area contributed by atoms with Crippen molar-refractivity contribution in [3.63, 3.8) is 0 Å². The Bertz CT molecular complexity index is 864. The molecule has 23 heavy (non-hydrogen) atoms. The molecule has 5 nitrogen and oxygen atoms in total. The third kappa shape index (κ3) is 3.78. The van der Waals surface area contributed by atoms with Gasteiger partial charge in [0.2, 0.25) is 5.91 Å². The number of rotatable bonds is 5. The lowest BCUT2D eigenvalue weighted by Gasteiger charge is -2.00. The maximum absolute atomic E-state index is 11.9. The lowest BCUT2D eigenvalue weighted by Crippen LogP contribution is -2.07. The molecule has 0 spiro atoms. The molecule has 0 atom stereocenters. The highest BCUT2D eigenvalue weighted by Crippen LogP contribution is 2.29. The van der Waals surface area contributed by atoms with Crippen molar-refractivity contribution in [2.24, 2.45) is 0 Å². The molecule has 1 amide bonds. The predicted octanol–water partition coefficient (Wildman–Crippen LogP) is 4.25. The number of anilines is 1. The molecule has 0 aliphatic heterocycles. The van der Waals surface area contributed by atoms with Crippen molar-refractivity contribution in [3.8, 4) is 5.75 Å². The van der Waals surface area contributed by atoms with Gasteiger partial charge in [0.15, 0.2) is 5.13 Å². The molecule has 0 aliphatic carbocycles. The summed E-state index contributed by atoms with van der Waals surface area (Å²) in [7, 11) is 0. The first kappa shape index (κ1) is 15.3. The summed E-state index contributed by atoms with van der Waals surface area (Å²) in [5.74, 6) is 2.00. The maximum atomic E-state index is 11.9. The molecule has 6 heteroatoms. The largest absolute Gasteiger partial charge is 0.494 e. The summed E-state index contributed by atoms with van der Waals surface area (Å²) in [4.78, 5) is 16.3. The summed E-state index contributed by atoms with van der Waals surface area (Å²) in [6.07, 6.45) is 3.05. The van der Waals surface area contributed by atoms with Crippen LogP contribution in [0.5, 0.6) is 5.75 Å². The van der Waals surface area contributed by atoms with E-state index in [2.05, 4.69) is 10.3 Å². The average molecular weight is 328 g/mol. The van der Waals surface area contributed by atoms with E-state index in [1.807, 2.05) is 44.2 Å². The highest BCUT2D eigenvalue weighted by molar-refractivity contribution is 7.22. The van der Waals surface area contributed by atoms with Gasteiger partial charge < -0.3 is 9.15 Å². The van der Waals surface area contributed by atoms with Gasteiger partial charge in [0.25, 0.3) is 0 Å². The zero-order valence-electron chi connectivity index (χ0n) is 12.8. The predicted molar refractivity (Wildman–Crippen MR) is 91.9 cm³/mol. The second kappa shape index (κ2) is 6.66. The Labute approximate surface area is 137 Å². The number of benzene rings is 1. The SMILES string of the molecule is CCOc1ccc2nc(NC(=O)C=Cc3ccc(C)o3)sc2c1. The van der Waals surface area contributed by atoms with Crippen LogP contribution >= 0.6 is 11.3 Å². The standard InChI is InChI=1S/C17H16N2O3S/c1-3-21-13-6-8-14-15(10-13)23-17(18-14)19-16(20)9-7-12-5-4-11(2)22-12/h4-10H,3H2,1-2H3,(H,18,19,20). The summed E-state index contributed by atoms with van der Waals surface area (Å²) in [6, 6.07) is 9.34. The van der Waals surface area contributed by atoms with E-state index in [4.69, 9.17) is 9.15 Å². The number of furan rings is 1. The fourth-order valence-corrected chi connectivity index (χ4v) is 2.96. The Hall–Kier alpha value is -2.60. The number of aromatic nitrogens is 1. The second-order valence-electron chi connectivity index (χ2n) is 4.85. The highest BCUT2D eigenvalue weighted by atomic mass is 32.1. The minimum absolute atomic E-state index is 0.247. The first-order valence-electron chi connectivity index (χ1n) is 7.23. The number of carbonyl (C=O) groups excluding carboxylic acids is 1. The lowest BCUT2D eigenvalue weighted by atomic mass is 10.3. The summed E-state index contributed by atoms with van der Waals surface area (Å²) in [5, 5.41) is 3.31. The molecular formula is C17H16N2O3S. The number of amides is 1. The minimum atomic E-state index is -0.247. The quantitative estimate of drug-likeness (QED) is 0.711. The van der Waals surface area contributed by atoms with Crippen LogP contribution in [0.1, 0.15) is 18.4 Å². The van der Waals surface area contributed by atoms with Gasteiger partial charge in [-0.05, 0) is 50.3 Å². The van der Waals surface area contributed by atoms with E-state index in [9.17, 15) is 4.79 Å². The average Bonchev–Trinajstić information content (AvgIpc) is 3.10. The first-order valence-corrected chi connectivity index (χ1v) is 8.04. The van der Waals surface area contributed by atoms with Gasteiger partial charge in [-0.3, -0.25) is 10.1 Å². The molecule has 0 radical (unpaired) electrons. The summed E-state index contributed by atoms with van der Waals surface area (Å²) in [6.45, 7) is 4.41. The van der Waals surface area contributed by atoms with Crippen LogP contribution in [0.4, 0.5) is 5.13 Å². The Kier molecular flexibility index (Phi) is 4.43. The zero-order chi connectivity index (χ0) is 16.2. The molecule has 1 N–H and O–H groups in total. The fourth-order valence-electron chi connectivity index (χ4n) is 2.06. The number of hydrogen-bond donors (Lipinski definition) is 1. The van der Waals surface area contributed by atoms with E-state index in [0.717, 1.165) is 21.7 Å². The normalized spacial score (nSPS) is 11.2. The number of aryl methyl sites for hydroxylation is 1. The third-order valence-corrected chi connectivity index (χ3v) is 3.99. The minimum Gasteiger partial charge on any atom is -0.494 e. The van der Waals surface area contributed by atoms with Gasteiger partial charge in [0, 0.05) is 6.08 Å². The molecule has 2 heterocycles. The number of nitrogens with one attached hydrogen (secondary N) is 1. The Morgan fingerprint density at radius 2 is 2.26 bits per heavy atom. The van der Waals surface area contributed by atoms with Crippen molar-refractivity contribution >= 4 is 38.7 Å².